The van der Waals surface area contributed by atoms with E-state index >= 15 is 0 Å². The van der Waals surface area contributed by atoms with Crippen LogP contribution in [0, 0.1) is 5.41 Å². The summed E-state index contributed by atoms with van der Waals surface area (Å²) in [5.74, 6) is -0.414. The van der Waals surface area contributed by atoms with Gasteiger partial charge >= 0.3 is 13.5 Å². The fourth-order valence-corrected chi connectivity index (χ4v) is 7.02. The molecule has 1 amide bonds. The lowest BCUT2D eigenvalue weighted by Crippen LogP contribution is -2.52. The lowest BCUT2D eigenvalue weighted by Gasteiger charge is -2.30. The third kappa shape index (κ3) is 5.56. The molecule has 0 aliphatic carbocycles. The Bertz CT molecular complexity index is 1500. The molecular formula is C18H21N9O8P2S2. The first-order valence-corrected chi connectivity index (χ1v) is 16.7. The number of guanidine groups is 1. The maximum atomic E-state index is 13.4. The van der Waals surface area contributed by atoms with E-state index < -0.39 is 43.9 Å². The van der Waals surface area contributed by atoms with Crippen LogP contribution in [0.5, 0.6) is 0 Å². The summed E-state index contributed by atoms with van der Waals surface area (Å²) in [6.07, 6.45) is 1.67. The number of fused-ring (bicyclic) bond motifs is 6. The van der Waals surface area contributed by atoms with Gasteiger partial charge in [-0.25, -0.2) is 19.5 Å². The standard InChI is InChI=1S/C18H21N9O8P2S2/c19-18-24-15-13(16(28)25-18)22-8-27(15)17-11-3-9(34-17)5-32-36(29,38)31-2-1-26-12(6-33-37(30,39)35-11)23-10-4-20-7-21-14(10)26/h4,7-9,11,13,17H,1-3,5-6H2,(H,29,38)(H,30,39)(H2,19,25,28)/t9-,11-,13?,17-,36?,37?/m1/s1. The monoisotopic (exact) mass is 617 g/mol. The highest BCUT2D eigenvalue weighted by atomic mass is 32.7. The second-order valence-electron chi connectivity index (χ2n) is 8.66. The molecule has 21 heteroatoms. The molecule has 6 atom stereocenters. The van der Waals surface area contributed by atoms with Crippen LogP contribution in [0.25, 0.3) is 11.2 Å². The zero-order chi connectivity index (χ0) is 27.4. The smallest absolute Gasteiger partial charge is 0.349 e. The molecular weight excluding hydrogens is 596 g/mol. The topological polar surface area (TPSA) is 208 Å². The molecule has 6 rings (SSSR count). The largest absolute Gasteiger partial charge is 0.386 e. The predicted octanol–water partition coefficient (Wildman–Crippen LogP) is 0.320. The fraction of sp³-hybridized carbons (Fsp3) is 0.500. The average molecular weight is 618 g/mol. The van der Waals surface area contributed by atoms with Gasteiger partial charge in [-0.3, -0.25) is 34.5 Å². The number of carbonyl (C=O) groups is 1. The SMILES string of the molecule is N=C1N=C2C(N=CN2[C@@H]2O[C@H]3COP(O)(=S)OCCn4c(nc5cncnc54)COP(=O)(S)O[C@@H]2C3)C(=O)N1. The van der Waals surface area contributed by atoms with Crippen molar-refractivity contribution < 1.29 is 37.1 Å². The minimum absolute atomic E-state index is 0.0402. The molecule has 0 aromatic carbocycles. The van der Waals surface area contributed by atoms with Gasteiger partial charge in [0.2, 0.25) is 5.96 Å². The van der Waals surface area contributed by atoms with E-state index in [0.29, 0.717) is 17.0 Å². The van der Waals surface area contributed by atoms with Gasteiger partial charge in [-0.1, -0.05) is 12.2 Å². The highest BCUT2D eigenvalue weighted by Gasteiger charge is 2.48. The summed E-state index contributed by atoms with van der Waals surface area (Å²) in [6.45, 7) is -8.00. The molecule has 0 spiro atoms. The van der Waals surface area contributed by atoms with Gasteiger partial charge in [0.05, 0.1) is 31.9 Å². The number of rotatable bonds is 1. The van der Waals surface area contributed by atoms with Gasteiger partial charge in [-0.2, -0.15) is 4.99 Å². The summed E-state index contributed by atoms with van der Waals surface area (Å²) >= 11 is 9.33. The van der Waals surface area contributed by atoms with Crippen molar-refractivity contribution in [2.24, 2.45) is 9.98 Å². The first kappa shape index (κ1) is 27.0. The maximum Gasteiger partial charge on any atom is 0.386 e. The summed E-state index contributed by atoms with van der Waals surface area (Å²) in [5, 5.41) is 10.1. The molecule has 2 bridgehead atoms. The second kappa shape index (κ2) is 10.3. The molecule has 39 heavy (non-hydrogen) atoms. The minimum atomic E-state index is -4.03. The van der Waals surface area contributed by atoms with Crippen LogP contribution in [0.3, 0.4) is 0 Å². The predicted molar refractivity (Wildman–Crippen MR) is 141 cm³/mol. The number of aromatic nitrogens is 4. The van der Waals surface area contributed by atoms with Gasteiger partial charge in [0, 0.05) is 13.0 Å². The van der Waals surface area contributed by atoms with Gasteiger partial charge in [-0.05, 0) is 11.8 Å². The third-order valence-electron chi connectivity index (χ3n) is 6.09. The highest BCUT2D eigenvalue weighted by Crippen LogP contribution is 2.56. The van der Waals surface area contributed by atoms with Gasteiger partial charge < -0.3 is 23.2 Å². The van der Waals surface area contributed by atoms with Crippen LogP contribution < -0.4 is 5.32 Å². The van der Waals surface area contributed by atoms with Crippen LogP contribution in [0.1, 0.15) is 12.2 Å². The molecule has 2 aromatic rings. The van der Waals surface area contributed by atoms with E-state index in [1.54, 1.807) is 4.57 Å². The Kier molecular flexibility index (Phi) is 7.16. The van der Waals surface area contributed by atoms with E-state index in [0.717, 1.165) is 0 Å². The normalized spacial score (nSPS) is 35.6. The molecule has 1 saturated heterocycles. The Hall–Kier alpha value is -2.18. The molecule has 2 aromatic heterocycles. The quantitative estimate of drug-likeness (QED) is 0.251. The third-order valence-corrected chi connectivity index (χ3v) is 9.33. The van der Waals surface area contributed by atoms with Crippen molar-refractivity contribution in [2.45, 2.75) is 44.1 Å². The van der Waals surface area contributed by atoms with Gasteiger partial charge in [0.15, 0.2) is 23.8 Å². The summed E-state index contributed by atoms with van der Waals surface area (Å²) in [6, 6.07) is -0.983. The molecule has 4 aliphatic heterocycles. The molecule has 4 aliphatic rings. The fourth-order valence-electron chi connectivity index (χ4n) is 4.47. The van der Waals surface area contributed by atoms with Crippen molar-refractivity contribution in [1.82, 2.24) is 29.7 Å². The number of nitrogens with zero attached hydrogens (tertiary/aromatic N) is 7. The van der Waals surface area contributed by atoms with Crippen molar-refractivity contribution in [3.63, 3.8) is 0 Å². The van der Waals surface area contributed by atoms with Crippen LogP contribution in [-0.4, -0.2) is 91.0 Å². The zero-order valence-electron chi connectivity index (χ0n) is 19.8. The van der Waals surface area contributed by atoms with Gasteiger partial charge in [0.25, 0.3) is 5.91 Å². The molecule has 17 nitrogen and oxygen atoms in total. The van der Waals surface area contributed by atoms with Crippen molar-refractivity contribution >= 4 is 72.8 Å². The Morgan fingerprint density at radius 1 is 1.31 bits per heavy atom. The van der Waals surface area contributed by atoms with Crippen LogP contribution in [0.4, 0.5) is 0 Å². The van der Waals surface area contributed by atoms with Gasteiger partial charge in [0.1, 0.15) is 30.4 Å². The number of ether oxygens (including phenoxy) is 1. The van der Waals surface area contributed by atoms with E-state index in [-0.39, 0.29) is 44.6 Å². The maximum absolute atomic E-state index is 13.4. The van der Waals surface area contributed by atoms with E-state index in [9.17, 15) is 14.3 Å². The van der Waals surface area contributed by atoms with Crippen molar-refractivity contribution in [3.05, 3.63) is 18.3 Å². The van der Waals surface area contributed by atoms with Crippen molar-refractivity contribution in [1.29, 1.82) is 5.41 Å². The van der Waals surface area contributed by atoms with Gasteiger partial charge in [-0.15, -0.1) is 0 Å². The molecule has 3 N–H and O–H groups in total. The summed E-state index contributed by atoms with van der Waals surface area (Å²) in [4.78, 5) is 45.2. The van der Waals surface area contributed by atoms with E-state index in [2.05, 4.69) is 42.5 Å². The van der Waals surface area contributed by atoms with E-state index in [4.69, 9.17) is 40.0 Å². The Labute approximate surface area is 230 Å². The summed E-state index contributed by atoms with van der Waals surface area (Å²) in [7, 11) is 0. The van der Waals surface area contributed by atoms with Crippen molar-refractivity contribution in [2.75, 3.05) is 13.2 Å². The number of imidazole rings is 1. The zero-order valence-corrected chi connectivity index (χ0v) is 23.3. The minimum Gasteiger partial charge on any atom is -0.349 e. The molecule has 208 valence electrons. The second-order valence-corrected chi connectivity index (χ2v) is 14.4. The van der Waals surface area contributed by atoms with Crippen molar-refractivity contribution in [3.8, 4) is 0 Å². The van der Waals surface area contributed by atoms with E-state index in [1.165, 1.54) is 23.8 Å². The lowest BCUT2D eigenvalue weighted by atomic mass is 10.1. The number of hydrogen-bond donors (Lipinski definition) is 4. The lowest BCUT2D eigenvalue weighted by molar-refractivity contribution is -0.119. The molecule has 1 fully saturated rings. The van der Waals surface area contributed by atoms with Crippen LogP contribution >= 0.6 is 25.8 Å². The average Bonchev–Trinajstić information content (AvgIpc) is 3.56. The van der Waals surface area contributed by atoms with Crippen LogP contribution in [0.15, 0.2) is 22.5 Å². The number of nitrogens with one attached hydrogen (secondary N) is 2. The van der Waals surface area contributed by atoms with E-state index in [1.807, 2.05) is 0 Å². The summed E-state index contributed by atoms with van der Waals surface area (Å²) < 4.78 is 43.6. The first-order chi connectivity index (χ1) is 18.6. The first-order valence-electron chi connectivity index (χ1n) is 11.5. The highest BCUT2D eigenvalue weighted by molar-refractivity contribution is 8.44. The molecule has 3 unspecified atom stereocenters. The van der Waals surface area contributed by atoms with Crippen LogP contribution in [0.2, 0.25) is 0 Å². The number of aliphatic imine (C=N–C) groups is 2. The number of carbonyl (C=O) groups excluding carboxylic acids is 1. The molecule has 0 saturated carbocycles. The summed E-state index contributed by atoms with van der Waals surface area (Å²) in [5.41, 5.74) is 0.932. The number of amides is 1. The number of hydrogen-bond acceptors (Lipinski definition) is 14. The molecule has 0 radical (unpaired) electrons. The Balaban J connectivity index is 1.30. The Morgan fingerprint density at radius 2 is 2.15 bits per heavy atom. The van der Waals surface area contributed by atoms with Crippen LogP contribution in [-0.2, 0) is 57.1 Å². The number of thiol groups is 1. The molecule has 6 heterocycles. The Morgan fingerprint density at radius 3 is 3.00 bits per heavy atom. The number of amidine groups is 1.